The summed E-state index contributed by atoms with van der Waals surface area (Å²) in [7, 11) is 1.55. The summed E-state index contributed by atoms with van der Waals surface area (Å²) in [6, 6.07) is 8.10. The van der Waals surface area contributed by atoms with Crippen molar-refractivity contribution in [2.45, 2.75) is 37.8 Å². The molecule has 0 bridgehead atoms. The van der Waals surface area contributed by atoms with Crippen LogP contribution in [0.2, 0.25) is 10.0 Å². The van der Waals surface area contributed by atoms with Crippen molar-refractivity contribution in [1.29, 1.82) is 0 Å². The van der Waals surface area contributed by atoms with E-state index in [-0.39, 0.29) is 23.6 Å². The third kappa shape index (κ3) is 5.34. The van der Waals surface area contributed by atoms with Crippen LogP contribution in [0, 0.1) is 5.82 Å². The molecule has 0 radical (unpaired) electrons. The van der Waals surface area contributed by atoms with Crippen LogP contribution in [0.25, 0.3) is 16.6 Å². The topological polar surface area (TPSA) is 116 Å². The maximum atomic E-state index is 13.8. The average Bonchev–Trinajstić information content (AvgIpc) is 3.32. The third-order valence-corrected chi connectivity index (χ3v) is 7.15. The summed E-state index contributed by atoms with van der Waals surface area (Å²) < 4.78 is 20.9. The van der Waals surface area contributed by atoms with Gasteiger partial charge in [0.15, 0.2) is 0 Å². The van der Waals surface area contributed by atoms with E-state index in [4.69, 9.17) is 39.4 Å². The molecule has 0 spiro atoms. The van der Waals surface area contributed by atoms with Gasteiger partial charge in [-0.3, -0.25) is 0 Å². The number of aromatic nitrogens is 3. The van der Waals surface area contributed by atoms with Crippen LogP contribution in [-0.4, -0.2) is 39.6 Å². The van der Waals surface area contributed by atoms with Crippen molar-refractivity contribution in [2.75, 3.05) is 12.4 Å². The van der Waals surface area contributed by atoms with E-state index in [0.717, 1.165) is 48.0 Å². The van der Waals surface area contributed by atoms with Crippen LogP contribution in [0.3, 0.4) is 0 Å². The molecule has 5 N–H and O–H groups in total. The Morgan fingerprint density at radius 3 is 2.68 bits per heavy atom. The highest BCUT2D eigenvalue weighted by Crippen LogP contribution is 2.35. The quantitative estimate of drug-likeness (QED) is 0.217. The number of aliphatic imine (C=N–C) groups is 1. The van der Waals surface area contributed by atoms with E-state index in [1.165, 1.54) is 18.2 Å². The highest BCUT2D eigenvalue weighted by atomic mass is 35.5. The number of rotatable bonds is 6. The summed E-state index contributed by atoms with van der Waals surface area (Å²) in [5, 5.41) is 8.99. The number of ether oxygens (including phenoxy) is 1. The number of hydrogen-bond acceptors (Lipinski definition) is 6. The third-order valence-electron chi connectivity index (χ3n) is 6.53. The SMILES string of the molecule is COc1cc(-c2cc3c(N[C@H]4CC[C@H](N)CC4)c(/C(N)=N/c4cc(F)ccc4Cl)cnn3c2)c(Cl)cn1. The molecule has 37 heavy (non-hydrogen) atoms. The second kappa shape index (κ2) is 10.5. The molecular weight excluding hydrogens is 516 g/mol. The number of amidine groups is 1. The first-order chi connectivity index (χ1) is 17.8. The van der Waals surface area contributed by atoms with Crippen molar-refractivity contribution >= 4 is 45.9 Å². The van der Waals surface area contributed by atoms with Crippen LogP contribution in [-0.2, 0) is 0 Å². The molecule has 0 saturated heterocycles. The molecule has 192 valence electrons. The number of nitrogens with zero attached hydrogens (tertiary/aromatic N) is 4. The monoisotopic (exact) mass is 541 g/mol. The minimum absolute atomic E-state index is 0.156. The number of halogens is 3. The van der Waals surface area contributed by atoms with E-state index in [0.29, 0.717) is 21.5 Å². The van der Waals surface area contributed by atoms with Crippen molar-refractivity contribution in [3.05, 3.63) is 70.3 Å². The number of hydrogen-bond donors (Lipinski definition) is 3. The van der Waals surface area contributed by atoms with E-state index in [1.54, 1.807) is 30.1 Å². The number of benzene rings is 1. The minimum Gasteiger partial charge on any atom is -0.481 e. The molecule has 1 aromatic carbocycles. The van der Waals surface area contributed by atoms with E-state index in [9.17, 15) is 4.39 Å². The molecule has 4 aromatic rings. The zero-order chi connectivity index (χ0) is 26.1. The minimum atomic E-state index is -0.456. The molecule has 0 unspecified atom stereocenters. The first kappa shape index (κ1) is 25.3. The van der Waals surface area contributed by atoms with Gasteiger partial charge in [-0.2, -0.15) is 5.10 Å². The Morgan fingerprint density at radius 2 is 1.92 bits per heavy atom. The Hall–Kier alpha value is -3.40. The lowest BCUT2D eigenvalue weighted by Gasteiger charge is -2.28. The molecule has 3 heterocycles. The number of nitrogens with two attached hydrogens (primary N) is 2. The van der Waals surface area contributed by atoms with Crippen LogP contribution < -0.4 is 21.5 Å². The highest BCUT2D eigenvalue weighted by molar-refractivity contribution is 6.33. The molecule has 1 aliphatic rings. The van der Waals surface area contributed by atoms with Crippen LogP contribution >= 0.6 is 23.2 Å². The van der Waals surface area contributed by atoms with Gasteiger partial charge in [0.05, 0.1) is 52.0 Å². The Balaban J connectivity index is 1.63. The smallest absolute Gasteiger partial charge is 0.213 e. The first-order valence-corrected chi connectivity index (χ1v) is 12.6. The summed E-state index contributed by atoms with van der Waals surface area (Å²) in [6.07, 6.45) is 8.75. The lowest BCUT2D eigenvalue weighted by atomic mass is 9.91. The molecule has 5 rings (SSSR count). The Labute approximate surface area is 223 Å². The molecule has 11 heteroatoms. The summed E-state index contributed by atoms with van der Waals surface area (Å²) in [5.74, 6) is 0.148. The van der Waals surface area contributed by atoms with Crippen LogP contribution in [0.5, 0.6) is 5.88 Å². The van der Waals surface area contributed by atoms with Crippen LogP contribution in [0.1, 0.15) is 31.2 Å². The van der Waals surface area contributed by atoms with E-state index in [2.05, 4.69) is 20.4 Å². The van der Waals surface area contributed by atoms with Gasteiger partial charge in [0.2, 0.25) is 5.88 Å². The molecule has 1 aliphatic carbocycles. The van der Waals surface area contributed by atoms with Gasteiger partial charge >= 0.3 is 0 Å². The van der Waals surface area contributed by atoms with E-state index < -0.39 is 5.82 Å². The summed E-state index contributed by atoms with van der Waals surface area (Å²) in [6.45, 7) is 0. The van der Waals surface area contributed by atoms with Gasteiger partial charge in [0.1, 0.15) is 11.7 Å². The Bertz CT molecular complexity index is 1480. The maximum Gasteiger partial charge on any atom is 0.213 e. The molecule has 0 aliphatic heterocycles. The number of pyridine rings is 1. The van der Waals surface area contributed by atoms with Crippen molar-refractivity contribution in [3.8, 4) is 17.0 Å². The lowest BCUT2D eigenvalue weighted by Crippen LogP contribution is -2.33. The van der Waals surface area contributed by atoms with Crippen LogP contribution in [0.15, 0.2) is 53.9 Å². The average molecular weight is 542 g/mol. The van der Waals surface area contributed by atoms with Gasteiger partial charge in [-0.15, -0.1) is 0 Å². The number of nitrogens with one attached hydrogen (secondary N) is 1. The second-order valence-corrected chi connectivity index (χ2v) is 9.86. The van der Waals surface area contributed by atoms with Crippen molar-refractivity contribution in [3.63, 3.8) is 0 Å². The second-order valence-electron chi connectivity index (χ2n) is 9.05. The van der Waals surface area contributed by atoms with Crippen LogP contribution in [0.4, 0.5) is 15.8 Å². The van der Waals surface area contributed by atoms with Crippen molar-refractivity contribution in [2.24, 2.45) is 16.5 Å². The number of fused-ring (bicyclic) bond motifs is 1. The predicted molar refractivity (Wildman–Crippen MR) is 146 cm³/mol. The standard InChI is InChI=1S/C26H26Cl2FN7O/c1-37-24-10-18(21(28)12-32-24)14-8-23-25(34-17-5-3-16(30)4-6-17)19(11-33-36(23)13-14)26(31)35-22-9-15(29)2-7-20(22)27/h2,7-13,16-17,34H,3-6,30H2,1H3,(H2,31,35)/t16-,17-. The lowest BCUT2D eigenvalue weighted by molar-refractivity contribution is 0.398. The summed E-state index contributed by atoms with van der Waals surface area (Å²) in [5.41, 5.74) is 16.5. The number of anilines is 1. The van der Waals surface area contributed by atoms with Gasteiger partial charge < -0.3 is 21.5 Å². The Morgan fingerprint density at radius 1 is 1.14 bits per heavy atom. The molecule has 1 fully saturated rings. The fourth-order valence-electron chi connectivity index (χ4n) is 4.53. The molecular formula is C26H26Cl2FN7O. The normalized spacial score (nSPS) is 18.2. The largest absolute Gasteiger partial charge is 0.481 e. The molecule has 0 atom stereocenters. The Kier molecular flexibility index (Phi) is 7.19. The highest BCUT2D eigenvalue weighted by Gasteiger charge is 2.23. The first-order valence-electron chi connectivity index (χ1n) is 11.9. The molecule has 0 amide bonds. The predicted octanol–water partition coefficient (Wildman–Crippen LogP) is 5.57. The fourth-order valence-corrected chi connectivity index (χ4v) is 4.90. The number of methoxy groups -OCH3 is 1. The van der Waals surface area contributed by atoms with Gasteiger partial charge in [-0.05, 0) is 43.9 Å². The zero-order valence-electron chi connectivity index (χ0n) is 20.1. The van der Waals surface area contributed by atoms with Gasteiger partial charge in [-0.25, -0.2) is 18.9 Å². The maximum absolute atomic E-state index is 13.8. The summed E-state index contributed by atoms with van der Waals surface area (Å²) >= 11 is 12.7. The van der Waals surface area contributed by atoms with Crippen molar-refractivity contribution < 1.29 is 9.13 Å². The van der Waals surface area contributed by atoms with Gasteiger partial charge in [0, 0.05) is 41.5 Å². The molecule has 3 aromatic heterocycles. The van der Waals surface area contributed by atoms with E-state index in [1.807, 2.05) is 12.3 Å². The summed E-state index contributed by atoms with van der Waals surface area (Å²) in [4.78, 5) is 8.59. The molecule has 1 saturated carbocycles. The van der Waals surface area contributed by atoms with Gasteiger partial charge in [0.25, 0.3) is 0 Å². The molecule has 8 nitrogen and oxygen atoms in total. The van der Waals surface area contributed by atoms with Crippen molar-refractivity contribution in [1.82, 2.24) is 14.6 Å². The fraction of sp³-hybridized carbons (Fsp3) is 0.269. The van der Waals surface area contributed by atoms with Gasteiger partial charge in [-0.1, -0.05) is 23.2 Å². The zero-order valence-corrected chi connectivity index (χ0v) is 21.6. The van der Waals surface area contributed by atoms with E-state index >= 15 is 0 Å².